The van der Waals surface area contributed by atoms with Crippen LogP contribution in [0.15, 0.2) is 12.1 Å². The number of esters is 1. The molecule has 0 bridgehead atoms. The first-order valence-corrected chi connectivity index (χ1v) is 5.34. The minimum Gasteiger partial charge on any atom is -0.461 e. The number of rotatable bonds is 2. The van der Waals surface area contributed by atoms with Gasteiger partial charge in [0, 0.05) is 0 Å². The Morgan fingerprint density at radius 3 is 2.62 bits per heavy atom. The summed E-state index contributed by atoms with van der Waals surface area (Å²) in [5.74, 6) is -0.855. The van der Waals surface area contributed by atoms with E-state index in [-0.39, 0.29) is 16.0 Å². The number of carbonyl (C=O) groups excluding carboxylic acids is 1. The molecule has 0 aliphatic rings. The molecule has 0 fully saturated rings. The van der Waals surface area contributed by atoms with E-state index in [1.807, 2.05) is 0 Å². The zero-order valence-electron chi connectivity index (χ0n) is 8.14. The lowest BCUT2D eigenvalue weighted by atomic mass is 10.2. The van der Waals surface area contributed by atoms with Crippen LogP contribution in [-0.4, -0.2) is 17.6 Å². The van der Waals surface area contributed by atoms with Crippen molar-refractivity contribution in [1.29, 1.82) is 0 Å². The van der Waals surface area contributed by atoms with E-state index >= 15 is 0 Å². The van der Waals surface area contributed by atoms with Crippen molar-refractivity contribution in [2.24, 2.45) is 0 Å². The van der Waals surface area contributed by atoms with Crippen molar-refractivity contribution in [1.82, 2.24) is 4.98 Å². The molecule has 0 aliphatic heterocycles. The molecule has 0 amide bonds. The average molecular weight is 345 g/mol. The third-order valence-corrected chi connectivity index (χ3v) is 2.16. The Labute approximate surface area is 103 Å². The minimum atomic E-state index is -4.50. The molecule has 0 aromatic carbocycles. The first-order valence-electron chi connectivity index (χ1n) is 4.26. The quantitative estimate of drug-likeness (QED) is 0.470. The summed E-state index contributed by atoms with van der Waals surface area (Å²) in [6.07, 6.45) is -4.50. The summed E-state index contributed by atoms with van der Waals surface area (Å²) in [5, 5.41) is 0. The molecule has 0 spiro atoms. The Bertz CT molecular complexity index is 406. The van der Waals surface area contributed by atoms with Crippen LogP contribution in [-0.2, 0) is 10.9 Å². The lowest BCUT2D eigenvalue weighted by molar-refractivity contribution is -0.137. The predicted molar refractivity (Wildman–Crippen MR) is 57.9 cm³/mol. The van der Waals surface area contributed by atoms with Gasteiger partial charge < -0.3 is 4.74 Å². The smallest absolute Gasteiger partial charge is 0.416 e. The van der Waals surface area contributed by atoms with E-state index in [2.05, 4.69) is 9.72 Å². The fraction of sp³-hybridized carbons (Fsp3) is 0.333. The molecule has 1 aromatic heterocycles. The van der Waals surface area contributed by atoms with Crippen molar-refractivity contribution in [3.63, 3.8) is 0 Å². The van der Waals surface area contributed by atoms with Crippen molar-refractivity contribution in [2.75, 3.05) is 6.61 Å². The molecule has 0 saturated heterocycles. The van der Waals surface area contributed by atoms with E-state index in [1.54, 1.807) is 29.5 Å². The van der Waals surface area contributed by atoms with Gasteiger partial charge in [-0.1, -0.05) is 0 Å². The van der Waals surface area contributed by atoms with Crippen molar-refractivity contribution in [3.05, 3.63) is 27.1 Å². The summed E-state index contributed by atoms with van der Waals surface area (Å²) in [6.45, 7) is 1.66. The van der Waals surface area contributed by atoms with Gasteiger partial charge in [-0.15, -0.1) is 0 Å². The number of halogens is 4. The third kappa shape index (κ3) is 3.32. The summed E-state index contributed by atoms with van der Waals surface area (Å²) in [6, 6.07) is 1.55. The highest BCUT2D eigenvalue weighted by Crippen LogP contribution is 2.30. The Morgan fingerprint density at radius 2 is 2.12 bits per heavy atom. The fourth-order valence-electron chi connectivity index (χ4n) is 0.970. The fourth-order valence-corrected chi connectivity index (χ4v) is 1.57. The monoisotopic (exact) mass is 345 g/mol. The van der Waals surface area contributed by atoms with E-state index in [9.17, 15) is 18.0 Å². The number of aromatic nitrogens is 1. The largest absolute Gasteiger partial charge is 0.461 e. The molecule has 0 saturated carbocycles. The normalized spacial score (nSPS) is 11.3. The van der Waals surface area contributed by atoms with Crippen molar-refractivity contribution >= 4 is 28.6 Å². The molecule has 7 heteroatoms. The van der Waals surface area contributed by atoms with Gasteiger partial charge in [0.05, 0.1) is 12.2 Å². The molecule has 1 aromatic rings. The second kappa shape index (κ2) is 4.98. The summed E-state index contributed by atoms with van der Waals surface area (Å²) < 4.78 is 41.9. The van der Waals surface area contributed by atoms with Crippen LogP contribution >= 0.6 is 22.6 Å². The zero-order chi connectivity index (χ0) is 12.3. The minimum absolute atomic E-state index is 0.0906. The van der Waals surface area contributed by atoms with Crippen LogP contribution < -0.4 is 0 Å². The first kappa shape index (κ1) is 13.2. The molecule has 1 heterocycles. The molecule has 0 radical (unpaired) electrons. The number of carbonyl (C=O) groups is 1. The van der Waals surface area contributed by atoms with Crippen LogP contribution in [0, 0.1) is 3.70 Å². The molecule has 88 valence electrons. The Morgan fingerprint density at radius 1 is 1.50 bits per heavy atom. The zero-order valence-corrected chi connectivity index (χ0v) is 10.3. The van der Waals surface area contributed by atoms with Gasteiger partial charge in [0.1, 0.15) is 9.39 Å². The van der Waals surface area contributed by atoms with Crippen LogP contribution in [0.5, 0.6) is 0 Å². The highest BCUT2D eigenvalue weighted by Gasteiger charge is 2.32. The number of ether oxygens (including phenoxy) is 1. The number of pyridine rings is 1. The average Bonchev–Trinajstić information content (AvgIpc) is 2.16. The Kier molecular flexibility index (Phi) is 4.11. The van der Waals surface area contributed by atoms with Crippen molar-refractivity contribution < 1.29 is 22.7 Å². The molecule has 1 rings (SSSR count). The molecule has 0 N–H and O–H groups in total. The number of hydrogen-bond donors (Lipinski definition) is 0. The SMILES string of the molecule is CCOC(=O)c1cc(C(F)(F)F)cc(I)n1. The molecule has 16 heavy (non-hydrogen) atoms. The van der Waals surface area contributed by atoms with Crippen LogP contribution in [0.4, 0.5) is 13.2 Å². The van der Waals surface area contributed by atoms with Crippen LogP contribution in [0.25, 0.3) is 0 Å². The van der Waals surface area contributed by atoms with Gasteiger partial charge in [0.2, 0.25) is 0 Å². The summed E-state index contributed by atoms with van der Waals surface area (Å²) in [7, 11) is 0. The third-order valence-electron chi connectivity index (χ3n) is 1.61. The van der Waals surface area contributed by atoms with Gasteiger partial charge >= 0.3 is 12.1 Å². The molecule has 0 atom stereocenters. The van der Waals surface area contributed by atoms with E-state index in [0.29, 0.717) is 6.07 Å². The van der Waals surface area contributed by atoms with Gasteiger partial charge in [-0.05, 0) is 41.6 Å². The number of nitrogens with zero attached hydrogens (tertiary/aromatic N) is 1. The maximum absolute atomic E-state index is 12.4. The summed E-state index contributed by atoms with van der Waals surface area (Å²) in [5.41, 5.74) is -1.24. The van der Waals surface area contributed by atoms with Gasteiger partial charge in [-0.3, -0.25) is 0 Å². The highest BCUT2D eigenvalue weighted by atomic mass is 127. The molecular weight excluding hydrogens is 338 g/mol. The number of alkyl halides is 3. The maximum Gasteiger partial charge on any atom is 0.416 e. The highest BCUT2D eigenvalue weighted by molar-refractivity contribution is 14.1. The Balaban J connectivity index is 3.13. The lowest BCUT2D eigenvalue weighted by Gasteiger charge is -2.08. The molecular formula is C9H7F3INO2. The predicted octanol–water partition coefficient (Wildman–Crippen LogP) is 2.88. The second-order valence-corrected chi connectivity index (χ2v) is 3.89. The standard InChI is InChI=1S/C9H7F3INO2/c1-2-16-8(15)6-3-5(9(10,11)12)4-7(13)14-6/h3-4H,2H2,1H3. The second-order valence-electron chi connectivity index (χ2n) is 2.78. The van der Waals surface area contributed by atoms with Crippen molar-refractivity contribution in [2.45, 2.75) is 13.1 Å². The molecule has 0 unspecified atom stereocenters. The Hall–Kier alpha value is -0.860. The van der Waals surface area contributed by atoms with Crippen LogP contribution in [0.1, 0.15) is 23.0 Å². The maximum atomic E-state index is 12.4. The number of hydrogen-bond acceptors (Lipinski definition) is 3. The van der Waals surface area contributed by atoms with E-state index in [0.717, 1.165) is 6.07 Å². The molecule has 0 aliphatic carbocycles. The van der Waals surface area contributed by atoms with Gasteiger partial charge in [0.25, 0.3) is 0 Å². The van der Waals surface area contributed by atoms with Crippen LogP contribution in [0.3, 0.4) is 0 Å². The van der Waals surface area contributed by atoms with Crippen LogP contribution in [0.2, 0.25) is 0 Å². The first-order chi connectivity index (χ1) is 7.34. The van der Waals surface area contributed by atoms with Gasteiger partial charge in [-0.2, -0.15) is 13.2 Å². The van der Waals surface area contributed by atoms with E-state index < -0.39 is 17.7 Å². The molecule has 3 nitrogen and oxygen atoms in total. The van der Waals surface area contributed by atoms with E-state index in [1.165, 1.54) is 0 Å². The lowest BCUT2D eigenvalue weighted by Crippen LogP contribution is -2.12. The summed E-state index contributed by atoms with van der Waals surface area (Å²) >= 11 is 1.61. The topological polar surface area (TPSA) is 39.2 Å². The van der Waals surface area contributed by atoms with Gasteiger partial charge in [0.15, 0.2) is 0 Å². The van der Waals surface area contributed by atoms with E-state index in [4.69, 9.17) is 0 Å². The van der Waals surface area contributed by atoms with Gasteiger partial charge in [-0.25, -0.2) is 9.78 Å². The van der Waals surface area contributed by atoms with Crippen molar-refractivity contribution in [3.8, 4) is 0 Å². The summed E-state index contributed by atoms with van der Waals surface area (Å²) in [4.78, 5) is 14.9.